The number of carboxylic acids is 1. The van der Waals surface area contributed by atoms with Crippen LogP contribution in [0.25, 0.3) is 0 Å². The number of benzene rings is 1. The van der Waals surface area contributed by atoms with Gasteiger partial charge in [0.25, 0.3) is 0 Å². The van der Waals surface area contributed by atoms with Gasteiger partial charge >= 0.3 is 5.97 Å². The van der Waals surface area contributed by atoms with E-state index in [1.54, 1.807) is 13.8 Å². The molecule has 2 N–H and O–H groups in total. The van der Waals surface area contributed by atoms with Crippen LogP contribution in [0.2, 0.25) is 0 Å². The molecule has 1 amide bonds. The number of carboxylic acid groups (broad SMARTS) is 1. The number of carbonyl (C=O) groups is 2. The molecule has 0 spiro atoms. The zero-order chi connectivity index (χ0) is 14.4. The molecule has 0 aliphatic carbocycles. The molecule has 1 aromatic rings. The zero-order valence-electron chi connectivity index (χ0n) is 11.6. The Kier molecular flexibility index (Phi) is 5.55. The molecule has 1 rings (SSSR count). The minimum atomic E-state index is -0.996. The van der Waals surface area contributed by atoms with Gasteiger partial charge in [0.05, 0.1) is 6.42 Å². The van der Waals surface area contributed by atoms with Crippen molar-refractivity contribution >= 4 is 11.9 Å². The van der Waals surface area contributed by atoms with E-state index in [4.69, 9.17) is 5.11 Å². The quantitative estimate of drug-likeness (QED) is 0.825. The maximum absolute atomic E-state index is 11.8. The molecule has 0 aliphatic rings. The van der Waals surface area contributed by atoms with E-state index in [0.29, 0.717) is 0 Å². The number of rotatable bonds is 6. The van der Waals surface area contributed by atoms with Gasteiger partial charge in [-0.25, -0.2) is 4.79 Å². The van der Waals surface area contributed by atoms with Gasteiger partial charge < -0.3 is 10.4 Å². The van der Waals surface area contributed by atoms with Crippen molar-refractivity contribution in [2.75, 3.05) is 0 Å². The molecule has 104 valence electrons. The number of aryl methyl sites for hydroxylation is 1. The highest BCUT2D eigenvalue weighted by Crippen LogP contribution is 2.07. The third kappa shape index (κ3) is 4.73. The van der Waals surface area contributed by atoms with E-state index in [1.165, 1.54) is 5.56 Å². The van der Waals surface area contributed by atoms with Crippen LogP contribution in [0.15, 0.2) is 24.3 Å². The first kappa shape index (κ1) is 15.2. The summed E-state index contributed by atoms with van der Waals surface area (Å²) in [5.74, 6) is -1.39. The highest BCUT2D eigenvalue weighted by Gasteiger charge is 2.23. The lowest BCUT2D eigenvalue weighted by Gasteiger charge is -2.17. The fraction of sp³-hybridized carbons (Fsp3) is 0.467. The van der Waals surface area contributed by atoms with Gasteiger partial charge in [-0.1, -0.05) is 45.0 Å². The van der Waals surface area contributed by atoms with Crippen molar-refractivity contribution in [3.05, 3.63) is 35.4 Å². The Bertz CT molecular complexity index is 437. The molecule has 0 heterocycles. The maximum Gasteiger partial charge on any atom is 0.326 e. The average molecular weight is 263 g/mol. The lowest BCUT2D eigenvalue weighted by molar-refractivity contribution is -0.143. The van der Waals surface area contributed by atoms with E-state index in [-0.39, 0.29) is 18.2 Å². The Morgan fingerprint density at radius 3 is 2.11 bits per heavy atom. The minimum absolute atomic E-state index is 0.135. The third-order valence-electron chi connectivity index (χ3n) is 3.05. The molecule has 4 heteroatoms. The van der Waals surface area contributed by atoms with Crippen LogP contribution in [0, 0.1) is 5.92 Å². The molecule has 4 nitrogen and oxygen atoms in total. The van der Waals surface area contributed by atoms with E-state index in [9.17, 15) is 9.59 Å². The summed E-state index contributed by atoms with van der Waals surface area (Å²) in [5, 5.41) is 11.6. The number of aliphatic carboxylic acids is 1. The minimum Gasteiger partial charge on any atom is -0.480 e. The summed E-state index contributed by atoms with van der Waals surface area (Å²) < 4.78 is 0. The summed E-state index contributed by atoms with van der Waals surface area (Å²) in [4.78, 5) is 22.8. The molecule has 0 saturated carbocycles. The predicted octanol–water partition coefficient (Wildman–Crippen LogP) is 2.02. The van der Waals surface area contributed by atoms with Crippen LogP contribution >= 0.6 is 0 Å². The van der Waals surface area contributed by atoms with Crippen molar-refractivity contribution in [1.29, 1.82) is 0 Å². The van der Waals surface area contributed by atoms with Gasteiger partial charge in [-0.3, -0.25) is 4.79 Å². The highest BCUT2D eigenvalue weighted by molar-refractivity contribution is 5.85. The Morgan fingerprint density at radius 2 is 1.68 bits per heavy atom. The summed E-state index contributed by atoms with van der Waals surface area (Å²) in [6.07, 6.45) is 1.17. The van der Waals surface area contributed by atoms with Crippen LogP contribution in [0.3, 0.4) is 0 Å². The zero-order valence-corrected chi connectivity index (χ0v) is 11.6. The molecule has 0 saturated heterocycles. The highest BCUT2D eigenvalue weighted by atomic mass is 16.4. The molecular formula is C15H21NO3. The number of amides is 1. The van der Waals surface area contributed by atoms with Crippen molar-refractivity contribution in [2.24, 2.45) is 5.92 Å². The largest absolute Gasteiger partial charge is 0.480 e. The second-order valence-corrected chi connectivity index (χ2v) is 4.97. The molecule has 0 fully saturated rings. The van der Waals surface area contributed by atoms with Crippen LogP contribution in [0.5, 0.6) is 0 Å². The molecular weight excluding hydrogens is 242 g/mol. The van der Waals surface area contributed by atoms with E-state index in [1.807, 2.05) is 24.3 Å². The summed E-state index contributed by atoms with van der Waals surface area (Å²) in [6, 6.07) is 6.95. The van der Waals surface area contributed by atoms with Crippen molar-refractivity contribution in [2.45, 2.75) is 39.7 Å². The van der Waals surface area contributed by atoms with Crippen LogP contribution in [-0.2, 0) is 22.4 Å². The summed E-state index contributed by atoms with van der Waals surface area (Å²) in [6.45, 7) is 5.62. The van der Waals surface area contributed by atoms with Gasteiger partial charge in [-0.05, 0) is 23.5 Å². The number of nitrogens with one attached hydrogen (secondary N) is 1. The fourth-order valence-electron chi connectivity index (χ4n) is 1.82. The SMILES string of the molecule is CCc1ccc(CC(=O)N[C@H](C(=O)O)C(C)C)cc1. The summed E-state index contributed by atoms with van der Waals surface area (Å²) in [7, 11) is 0. The maximum atomic E-state index is 11.8. The monoisotopic (exact) mass is 263 g/mol. The van der Waals surface area contributed by atoms with Crippen molar-refractivity contribution in [3.8, 4) is 0 Å². The average Bonchev–Trinajstić information content (AvgIpc) is 2.36. The van der Waals surface area contributed by atoms with Crippen LogP contribution in [0.4, 0.5) is 0 Å². The topological polar surface area (TPSA) is 66.4 Å². The van der Waals surface area contributed by atoms with Gasteiger partial charge in [0.1, 0.15) is 6.04 Å². The second-order valence-electron chi connectivity index (χ2n) is 4.97. The molecule has 1 atom stereocenters. The second kappa shape index (κ2) is 6.92. The lowest BCUT2D eigenvalue weighted by atomic mass is 10.0. The first-order valence-corrected chi connectivity index (χ1v) is 6.54. The molecule has 0 unspecified atom stereocenters. The van der Waals surface area contributed by atoms with Crippen LogP contribution in [-0.4, -0.2) is 23.0 Å². The predicted molar refractivity (Wildman–Crippen MR) is 73.9 cm³/mol. The van der Waals surface area contributed by atoms with Crippen molar-refractivity contribution in [1.82, 2.24) is 5.32 Å². The lowest BCUT2D eigenvalue weighted by Crippen LogP contribution is -2.44. The Balaban J connectivity index is 2.61. The molecule has 0 aromatic heterocycles. The Morgan fingerprint density at radius 1 is 1.16 bits per heavy atom. The smallest absolute Gasteiger partial charge is 0.326 e. The van der Waals surface area contributed by atoms with Gasteiger partial charge in [0.15, 0.2) is 0 Å². The Labute approximate surface area is 113 Å². The molecule has 0 aliphatic heterocycles. The standard InChI is InChI=1S/C15H21NO3/c1-4-11-5-7-12(8-6-11)9-13(17)16-14(10(2)3)15(18)19/h5-8,10,14H,4,9H2,1-3H3,(H,16,17)(H,18,19)/t14-/m0/s1. The number of hydrogen-bond donors (Lipinski definition) is 2. The van der Waals surface area contributed by atoms with E-state index in [2.05, 4.69) is 12.2 Å². The third-order valence-corrected chi connectivity index (χ3v) is 3.05. The molecule has 0 bridgehead atoms. The fourth-order valence-corrected chi connectivity index (χ4v) is 1.82. The van der Waals surface area contributed by atoms with Gasteiger partial charge in [-0.15, -0.1) is 0 Å². The van der Waals surface area contributed by atoms with Crippen LogP contribution in [0.1, 0.15) is 31.9 Å². The first-order chi connectivity index (χ1) is 8.93. The van der Waals surface area contributed by atoms with Gasteiger partial charge in [0, 0.05) is 0 Å². The van der Waals surface area contributed by atoms with Gasteiger partial charge in [0.2, 0.25) is 5.91 Å². The van der Waals surface area contributed by atoms with E-state index in [0.717, 1.165) is 12.0 Å². The van der Waals surface area contributed by atoms with Crippen LogP contribution < -0.4 is 5.32 Å². The van der Waals surface area contributed by atoms with E-state index < -0.39 is 12.0 Å². The molecule has 19 heavy (non-hydrogen) atoms. The first-order valence-electron chi connectivity index (χ1n) is 6.54. The normalized spacial score (nSPS) is 12.2. The molecule has 0 radical (unpaired) electrons. The van der Waals surface area contributed by atoms with Crippen molar-refractivity contribution < 1.29 is 14.7 Å². The number of hydrogen-bond acceptors (Lipinski definition) is 2. The molecule has 1 aromatic carbocycles. The number of carbonyl (C=O) groups excluding carboxylic acids is 1. The van der Waals surface area contributed by atoms with E-state index >= 15 is 0 Å². The summed E-state index contributed by atoms with van der Waals surface area (Å²) >= 11 is 0. The Hall–Kier alpha value is -1.84. The van der Waals surface area contributed by atoms with Crippen molar-refractivity contribution in [3.63, 3.8) is 0 Å². The summed E-state index contributed by atoms with van der Waals surface area (Å²) in [5.41, 5.74) is 2.11. The van der Waals surface area contributed by atoms with Gasteiger partial charge in [-0.2, -0.15) is 0 Å².